The number of halogens is 1. The van der Waals surface area contributed by atoms with E-state index in [4.69, 9.17) is 11.6 Å². The summed E-state index contributed by atoms with van der Waals surface area (Å²) in [7, 11) is 0. The average molecular weight is 268 g/mol. The zero-order valence-electron chi connectivity index (χ0n) is 11.2. The first-order valence-electron chi connectivity index (χ1n) is 6.63. The van der Waals surface area contributed by atoms with Gasteiger partial charge in [0, 0.05) is 17.5 Å². The maximum atomic E-state index is 11.9. The fraction of sp³-hybridized carbons (Fsp3) is 0.533. The SMILES string of the molecule is CCCCCC(C)NC(=O)c1ccc(CCl)cc1. The van der Waals surface area contributed by atoms with E-state index >= 15 is 0 Å². The van der Waals surface area contributed by atoms with Crippen molar-refractivity contribution < 1.29 is 4.79 Å². The maximum absolute atomic E-state index is 11.9. The Balaban J connectivity index is 2.43. The van der Waals surface area contributed by atoms with E-state index < -0.39 is 0 Å². The second-order valence-corrected chi connectivity index (χ2v) is 4.97. The number of hydrogen-bond acceptors (Lipinski definition) is 1. The van der Waals surface area contributed by atoms with Crippen molar-refractivity contribution in [3.63, 3.8) is 0 Å². The van der Waals surface area contributed by atoms with E-state index in [-0.39, 0.29) is 11.9 Å². The Hall–Kier alpha value is -1.02. The normalized spacial score (nSPS) is 12.2. The van der Waals surface area contributed by atoms with Crippen molar-refractivity contribution in [2.45, 2.75) is 51.5 Å². The first kappa shape index (κ1) is 15.0. The van der Waals surface area contributed by atoms with Gasteiger partial charge in [-0.1, -0.05) is 38.3 Å². The van der Waals surface area contributed by atoms with Crippen LogP contribution in [0.1, 0.15) is 55.5 Å². The molecule has 3 heteroatoms. The summed E-state index contributed by atoms with van der Waals surface area (Å²) in [5.41, 5.74) is 1.73. The van der Waals surface area contributed by atoms with Crippen molar-refractivity contribution in [1.29, 1.82) is 0 Å². The molecule has 100 valence electrons. The summed E-state index contributed by atoms with van der Waals surface area (Å²) >= 11 is 5.71. The van der Waals surface area contributed by atoms with Crippen LogP contribution in [0.3, 0.4) is 0 Å². The van der Waals surface area contributed by atoms with Crippen LogP contribution in [0.2, 0.25) is 0 Å². The number of alkyl halides is 1. The number of nitrogens with one attached hydrogen (secondary N) is 1. The highest BCUT2D eigenvalue weighted by Gasteiger charge is 2.09. The van der Waals surface area contributed by atoms with Crippen LogP contribution in [-0.4, -0.2) is 11.9 Å². The Morgan fingerprint density at radius 2 is 1.94 bits per heavy atom. The van der Waals surface area contributed by atoms with Crippen LogP contribution >= 0.6 is 11.6 Å². The van der Waals surface area contributed by atoms with Crippen LogP contribution < -0.4 is 5.32 Å². The monoisotopic (exact) mass is 267 g/mol. The molecule has 0 spiro atoms. The van der Waals surface area contributed by atoms with Gasteiger partial charge in [-0.15, -0.1) is 11.6 Å². The number of carbonyl (C=O) groups excluding carboxylic acids is 1. The third-order valence-corrected chi connectivity index (χ3v) is 3.30. The molecule has 0 saturated heterocycles. The smallest absolute Gasteiger partial charge is 0.251 e. The Labute approximate surface area is 115 Å². The molecule has 1 unspecified atom stereocenters. The highest BCUT2D eigenvalue weighted by molar-refractivity contribution is 6.17. The number of amides is 1. The first-order valence-corrected chi connectivity index (χ1v) is 7.16. The lowest BCUT2D eigenvalue weighted by Crippen LogP contribution is -2.32. The molecule has 0 fully saturated rings. The van der Waals surface area contributed by atoms with Gasteiger partial charge >= 0.3 is 0 Å². The van der Waals surface area contributed by atoms with Gasteiger partial charge in [-0.05, 0) is 31.0 Å². The lowest BCUT2D eigenvalue weighted by atomic mass is 10.1. The summed E-state index contributed by atoms with van der Waals surface area (Å²) in [5, 5.41) is 3.02. The molecule has 0 aliphatic carbocycles. The molecule has 1 aromatic carbocycles. The highest BCUT2D eigenvalue weighted by Crippen LogP contribution is 2.08. The molecule has 18 heavy (non-hydrogen) atoms. The zero-order valence-corrected chi connectivity index (χ0v) is 12.0. The summed E-state index contributed by atoms with van der Waals surface area (Å²) in [6, 6.07) is 7.67. The van der Waals surface area contributed by atoms with Crippen molar-refractivity contribution in [3.05, 3.63) is 35.4 Å². The van der Waals surface area contributed by atoms with Gasteiger partial charge in [0.15, 0.2) is 0 Å². The van der Waals surface area contributed by atoms with Gasteiger partial charge in [-0.2, -0.15) is 0 Å². The molecule has 1 atom stereocenters. The third-order valence-electron chi connectivity index (χ3n) is 2.99. The molecule has 0 bridgehead atoms. The predicted octanol–water partition coefficient (Wildman–Crippen LogP) is 4.12. The molecule has 0 heterocycles. The quantitative estimate of drug-likeness (QED) is 0.584. The standard InChI is InChI=1S/C15H22ClNO/c1-3-4-5-6-12(2)17-15(18)14-9-7-13(11-16)8-10-14/h7-10,12H,3-6,11H2,1-2H3,(H,17,18). The summed E-state index contributed by atoms with van der Waals surface area (Å²) < 4.78 is 0. The van der Waals surface area contributed by atoms with Crippen LogP contribution in [0.5, 0.6) is 0 Å². The number of hydrogen-bond donors (Lipinski definition) is 1. The number of rotatable bonds is 7. The number of carbonyl (C=O) groups is 1. The summed E-state index contributed by atoms with van der Waals surface area (Å²) in [5.74, 6) is 0.482. The van der Waals surface area contributed by atoms with Crippen molar-refractivity contribution >= 4 is 17.5 Å². The second kappa shape index (κ2) is 8.15. The van der Waals surface area contributed by atoms with Crippen molar-refractivity contribution in [3.8, 4) is 0 Å². The summed E-state index contributed by atoms with van der Waals surface area (Å²) in [6.45, 7) is 4.24. The van der Waals surface area contributed by atoms with Crippen LogP contribution in [0.4, 0.5) is 0 Å². The average Bonchev–Trinajstić information content (AvgIpc) is 2.39. The second-order valence-electron chi connectivity index (χ2n) is 4.70. The molecule has 0 saturated carbocycles. The van der Waals surface area contributed by atoms with Crippen LogP contribution in [0.25, 0.3) is 0 Å². The molecule has 1 rings (SSSR count). The summed E-state index contributed by atoms with van der Waals surface area (Å²) in [4.78, 5) is 11.9. The van der Waals surface area contributed by atoms with E-state index in [2.05, 4.69) is 19.2 Å². The first-order chi connectivity index (χ1) is 8.67. The number of unbranched alkanes of at least 4 members (excludes halogenated alkanes) is 2. The van der Waals surface area contributed by atoms with Gasteiger partial charge in [0.25, 0.3) is 5.91 Å². The van der Waals surface area contributed by atoms with Crippen molar-refractivity contribution in [2.24, 2.45) is 0 Å². The minimum atomic E-state index is 0.000112. The van der Waals surface area contributed by atoms with Crippen molar-refractivity contribution in [1.82, 2.24) is 5.32 Å². The molecule has 2 nitrogen and oxygen atoms in total. The van der Waals surface area contributed by atoms with Gasteiger partial charge in [-0.25, -0.2) is 0 Å². The fourth-order valence-electron chi connectivity index (χ4n) is 1.83. The van der Waals surface area contributed by atoms with Crippen LogP contribution in [0, 0.1) is 0 Å². The largest absolute Gasteiger partial charge is 0.350 e. The molecular weight excluding hydrogens is 246 g/mol. The van der Waals surface area contributed by atoms with Crippen LogP contribution in [0.15, 0.2) is 24.3 Å². The zero-order chi connectivity index (χ0) is 13.4. The lowest BCUT2D eigenvalue weighted by molar-refractivity contribution is 0.0938. The predicted molar refractivity (Wildman–Crippen MR) is 77.1 cm³/mol. The summed E-state index contributed by atoms with van der Waals surface area (Å²) in [6.07, 6.45) is 4.65. The Bertz CT molecular complexity index is 361. The molecule has 1 aromatic rings. The molecule has 1 amide bonds. The highest BCUT2D eigenvalue weighted by atomic mass is 35.5. The van der Waals surface area contributed by atoms with Crippen molar-refractivity contribution in [2.75, 3.05) is 0 Å². The van der Waals surface area contributed by atoms with E-state index in [1.807, 2.05) is 24.3 Å². The Kier molecular flexibility index (Phi) is 6.81. The van der Waals surface area contributed by atoms with Gasteiger partial charge < -0.3 is 5.32 Å². The molecule has 0 aliphatic rings. The van der Waals surface area contributed by atoms with E-state index in [1.54, 1.807) is 0 Å². The Morgan fingerprint density at radius 1 is 1.28 bits per heavy atom. The topological polar surface area (TPSA) is 29.1 Å². The molecule has 0 aromatic heterocycles. The molecule has 1 N–H and O–H groups in total. The number of benzene rings is 1. The van der Waals surface area contributed by atoms with Gasteiger partial charge in [0.1, 0.15) is 0 Å². The van der Waals surface area contributed by atoms with E-state index in [1.165, 1.54) is 19.3 Å². The van der Waals surface area contributed by atoms with Gasteiger partial charge in [-0.3, -0.25) is 4.79 Å². The van der Waals surface area contributed by atoms with Gasteiger partial charge in [0.2, 0.25) is 0 Å². The van der Waals surface area contributed by atoms with E-state index in [0.29, 0.717) is 11.4 Å². The molecule has 0 aliphatic heterocycles. The third kappa shape index (κ3) is 5.09. The lowest BCUT2D eigenvalue weighted by Gasteiger charge is -2.13. The Morgan fingerprint density at radius 3 is 2.50 bits per heavy atom. The van der Waals surface area contributed by atoms with Crippen LogP contribution in [-0.2, 0) is 5.88 Å². The minimum absolute atomic E-state index is 0.000112. The minimum Gasteiger partial charge on any atom is -0.350 e. The van der Waals surface area contributed by atoms with E-state index in [0.717, 1.165) is 12.0 Å². The molecular formula is C15H22ClNO. The van der Waals surface area contributed by atoms with Gasteiger partial charge in [0.05, 0.1) is 0 Å². The maximum Gasteiger partial charge on any atom is 0.251 e. The fourth-order valence-corrected chi connectivity index (χ4v) is 2.00. The molecule has 0 radical (unpaired) electrons. The van der Waals surface area contributed by atoms with E-state index in [9.17, 15) is 4.79 Å².